The third kappa shape index (κ3) is 4.96. The molecule has 1 amide bonds. The first-order valence-electron chi connectivity index (χ1n) is 6.00. The third-order valence-corrected chi connectivity index (χ3v) is 4.55. The molecule has 1 aliphatic rings. The number of carbonyl (C=O) groups is 1. The summed E-state index contributed by atoms with van der Waals surface area (Å²) in [4.78, 5) is 11.9. The molecule has 1 saturated heterocycles. The maximum atomic E-state index is 11.9. The van der Waals surface area contributed by atoms with Crippen LogP contribution in [-0.2, 0) is 4.79 Å². The van der Waals surface area contributed by atoms with Gasteiger partial charge in [0, 0.05) is 12.4 Å². The number of thioether (sulfide) groups is 1. The van der Waals surface area contributed by atoms with Crippen molar-refractivity contribution in [3.63, 3.8) is 0 Å². The van der Waals surface area contributed by atoms with Gasteiger partial charge in [-0.15, -0.1) is 23.4 Å². The van der Waals surface area contributed by atoms with E-state index in [9.17, 15) is 4.79 Å². The zero-order chi connectivity index (χ0) is 12.0. The van der Waals surface area contributed by atoms with Crippen molar-refractivity contribution in [1.82, 2.24) is 5.32 Å². The van der Waals surface area contributed by atoms with E-state index in [0.717, 1.165) is 25.1 Å². The first-order valence-corrected chi connectivity index (χ1v) is 7.59. The summed E-state index contributed by atoms with van der Waals surface area (Å²) in [5.41, 5.74) is 0.108. The maximum absolute atomic E-state index is 11.9. The van der Waals surface area contributed by atoms with E-state index >= 15 is 0 Å². The lowest BCUT2D eigenvalue weighted by Gasteiger charge is -2.26. The van der Waals surface area contributed by atoms with Crippen molar-refractivity contribution < 1.29 is 4.79 Å². The van der Waals surface area contributed by atoms with E-state index in [1.807, 2.05) is 0 Å². The highest BCUT2D eigenvalue weighted by atomic mass is 35.5. The minimum Gasteiger partial charge on any atom is -0.355 e. The highest BCUT2D eigenvalue weighted by Gasteiger charge is 2.24. The molecule has 94 valence electrons. The van der Waals surface area contributed by atoms with Crippen LogP contribution in [0, 0.1) is 5.41 Å². The van der Waals surface area contributed by atoms with E-state index in [0.29, 0.717) is 5.88 Å². The molecule has 0 aromatic rings. The second-order valence-corrected chi connectivity index (χ2v) is 6.86. The van der Waals surface area contributed by atoms with E-state index in [-0.39, 0.29) is 16.6 Å². The number of rotatable bonds is 5. The molecule has 0 spiro atoms. The molecule has 0 bridgehead atoms. The summed E-state index contributed by atoms with van der Waals surface area (Å²) in [5, 5.41) is 3.24. The van der Waals surface area contributed by atoms with Crippen molar-refractivity contribution in [3.8, 4) is 0 Å². The van der Waals surface area contributed by atoms with Gasteiger partial charge in [0.15, 0.2) is 0 Å². The number of halogens is 1. The first-order chi connectivity index (χ1) is 7.55. The minimum absolute atomic E-state index is 0.108. The van der Waals surface area contributed by atoms with Crippen LogP contribution in [0.3, 0.4) is 0 Å². The molecule has 1 rings (SSSR count). The van der Waals surface area contributed by atoms with Gasteiger partial charge < -0.3 is 5.32 Å². The molecule has 1 N–H and O–H groups in total. The molecule has 0 aliphatic carbocycles. The van der Waals surface area contributed by atoms with Crippen LogP contribution in [-0.4, -0.2) is 29.3 Å². The Morgan fingerprint density at radius 2 is 2.25 bits per heavy atom. The van der Waals surface area contributed by atoms with Crippen molar-refractivity contribution in [3.05, 3.63) is 0 Å². The number of amides is 1. The highest BCUT2D eigenvalue weighted by molar-refractivity contribution is 8.00. The summed E-state index contributed by atoms with van der Waals surface area (Å²) in [6.45, 7) is 5.02. The lowest BCUT2D eigenvalue weighted by Crippen LogP contribution is -2.39. The summed E-state index contributed by atoms with van der Waals surface area (Å²) < 4.78 is 0. The van der Waals surface area contributed by atoms with E-state index in [1.54, 1.807) is 11.8 Å². The van der Waals surface area contributed by atoms with Crippen molar-refractivity contribution >= 4 is 29.3 Å². The van der Waals surface area contributed by atoms with Crippen LogP contribution in [0.25, 0.3) is 0 Å². The van der Waals surface area contributed by atoms with E-state index in [4.69, 9.17) is 11.6 Å². The van der Waals surface area contributed by atoms with Gasteiger partial charge in [0.1, 0.15) is 0 Å². The zero-order valence-electron chi connectivity index (χ0n) is 10.2. The van der Waals surface area contributed by atoms with Crippen LogP contribution in [0.1, 0.15) is 39.5 Å². The van der Waals surface area contributed by atoms with Gasteiger partial charge in [0.25, 0.3) is 0 Å². The smallest absolute Gasteiger partial charge is 0.233 e. The Kier molecular flexibility index (Phi) is 5.98. The van der Waals surface area contributed by atoms with Crippen LogP contribution >= 0.6 is 23.4 Å². The molecule has 0 saturated carbocycles. The molecule has 1 aliphatic heterocycles. The average molecular weight is 264 g/mol. The molecule has 1 atom stereocenters. The summed E-state index contributed by atoms with van der Waals surface area (Å²) in [7, 11) is 0. The predicted octanol–water partition coefficient (Wildman–Crippen LogP) is 3.04. The largest absolute Gasteiger partial charge is 0.355 e. The maximum Gasteiger partial charge on any atom is 0.233 e. The number of alkyl halides is 1. The molecule has 0 aromatic carbocycles. The molecule has 16 heavy (non-hydrogen) atoms. The number of hydrogen-bond acceptors (Lipinski definition) is 2. The van der Waals surface area contributed by atoms with E-state index in [2.05, 4.69) is 19.2 Å². The Morgan fingerprint density at radius 1 is 1.50 bits per heavy atom. The van der Waals surface area contributed by atoms with Crippen LogP contribution < -0.4 is 5.32 Å². The van der Waals surface area contributed by atoms with Gasteiger partial charge >= 0.3 is 0 Å². The van der Waals surface area contributed by atoms with Gasteiger partial charge in [-0.05, 0) is 30.4 Å². The molecule has 2 nitrogen and oxygen atoms in total. The monoisotopic (exact) mass is 263 g/mol. The Morgan fingerprint density at radius 3 is 2.81 bits per heavy atom. The van der Waals surface area contributed by atoms with Gasteiger partial charge in [-0.2, -0.15) is 0 Å². The minimum atomic E-state index is 0.108. The van der Waals surface area contributed by atoms with Crippen molar-refractivity contribution in [2.45, 2.75) is 44.8 Å². The van der Waals surface area contributed by atoms with E-state index in [1.165, 1.54) is 12.8 Å². The Hall–Kier alpha value is 0.110. The van der Waals surface area contributed by atoms with E-state index < -0.39 is 0 Å². The molecule has 0 radical (unpaired) electrons. The summed E-state index contributed by atoms with van der Waals surface area (Å²) >= 11 is 7.53. The van der Waals surface area contributed by atoms with Crippen LogP contribution in [0.4, 0.5) is 0 Å². The molecule has 1 fully saturated rings. The van der Waals surface area contributed by atoms with Gasteiger partial charge in [0.05, 0.1) is 5.25 Å². The predicted molar refractivity (Wildman–Crippen MR) is 72.2 cm³/mol. The van der Waals surface area contributed by atoms with Crippen molar-refractivity contribution in [2.75, 3.05) is 18.2 Å². The molecular formula is C12H22ClNOS. The normalized spacial score (nSPS) is 21.8. The highest BCUT2D eigenvalue weighted by Crippen LogP contribution is 2.25. The SMILES string of the molecule is CC(C)(CCCl)CNC(=O)C1CCCCS1. The van der Waals surface area contributed by atoms with Crippen molar-refractivity contribution in [2.24, 2.45) is 5.41 Å². The fourth-order valence-electron chi connectivity index (χ4n) is 1.73. The van der Waals surface area contributed by atoms with Crippen LogP contribution in [0.2, 0.25) is 0 Å². The second kappa shape index (κ2) is 6.75. The lowest BCUT2D eigenvalue weighted by molar-refractivity contribution is -0.121. The summed E-state index contributed by atoms with van der Waals surface area (Å²) in [6, 6.07) is 0. The number of nitrogens with one attached hydrogen (secondary N) is 1. The molecular weight excluding hydrogens is 242 g/mol. The quantitative estimate of drug-likeness (QED) is 0.773. The Labute approximate surface area is 108 Å². The van der Waals surface area contributed by atoms with Crippen LogP contribution in [0.15, 0.2) is 0 Å². The van der Waals surface area contributed by atoms with Gasteiger partial charge in [-0.1, -0.05) is 20.3 Å². The van der Waals surface area contributed by atoms with Gasteiger partial charge in [-0.25, -0.2) is 0 Å². The zero-order valence-corrected chi connectivity index (χ0v) is 11.8. The molecule has 1 heterocycles. The van der Waals surface area contributed by atoms with Crippen molar-refractivity contribution in [1.29, 1.82) is 0 Å². The summed E-state index contributed by atoms with van der Waals surface area (Å²) in [5.74, 6) is 2.00. The summed E-state index contributed by atoms with van der Waals surface area (Å²) in [6.07, 6.45) is 4.42. The standard InChI is InChI=1S/C12H22ClNOS/c1-12(2,6-7-13)9-14-11(15)10-5-3-4-8-16-10/h10H,3-9H2,1-2H3,(H,14,15). The topological polar surface area (TPSA) is 29.1 Å². The van der Waals surface area contributed by atoms with Gasteiger partial charge in [0.2, 0.25) is 5.91 Å². The molecule has 0 aromatic heterocycles. The molecule has 1 unspecified atom stereocenters. The fraction of sp³-hybridized carbons (Fsp3) is 0.917. The fourth-order valence-corrected chi connectivity index (χ4v) is 3.47. The average Bonchev–Trinajstić information content (AvgIpc) is 2.27. The lowest BCUT2D eigenvalue weighted by atomic mass is 9.90. The Bertz CT molecular complexity index is 227. The second-order valence-electron chi connectivity index (χ2n) is 5.18. The Balaban J connectivity index is 2.28. The number of hydrogen-bond donors (Lipinski definition) is 1. The molecule has 4 heteroatoms. The van der Waals surface area contributed by atoms with Gasteiger partial charge in [-0.3, -0.25) is 4.79 Å². The first kappa shape index (κ1) is 14.2. The van der Waals surface area contributed by atoms with Crippen LogP contribution in [0.5, 0.6) is 0 Å². The third-order valence-electron chi connectivity index (χ3n) is 2.98. The number of carbonyl (C=O) groups excluding carboxylic acids is 1.